The lowest BCUT2D eigenvalue weighted by Gasteiger charge is -1.91. The van der Waals surface area contributed by atoms with E-state index in [-0.39, 0.29) is 0 Å². The Morgan fingerprint density at radius 3 is 3.08 bits per heavy atom. The maximum absolute atomic E-state index is 5.92. The summed E-state index contributed by atoms with van der Waals surface area (Å²) in [7, 11) is 0. The number of nitrogen functional groups attached to an aromatic ring is 1. The van der Waals surface area contributed by atoms with E-state index in [4.69, 9.17) is 5.73 Å². The number of hydrogen-bond donors (Lipinski definition) is 1. The first-order valence-electron chi connectivity index (χ1n) is 3.94. The van der Waals surface area contributed by atoms with Crippen molar-refractivity contribution in [2.45, 2.75) is 13.3 Å². The summed E-state index contributed by atoms with van der Waals surface area (Å²) in [4.78, 5) is 6.54. The predicted octanol–water partition coefficient (Wildman–Crippen LogP) is 2.44. The van der Waals surface area contributed by atoms with Crippen molar-refractivity contribution in [1.29, 1.82) is 0 Å². The minimum absolute atomic E-state index is 0.908. The lowest BCUT2D eigenvalue weighted by molar-refractivity contribution is 1.19. The van der Waals surface area contributed by atoms with Crippen molar-refractivity contribution in [1.82, 2.24) is 4.98 Å². The van der Waals surface area contributed by atoms with Gasteiger partial charge in [0.05, 0.1) is 5.69 Å². The zero-order valence-corrected chi connectivity index (χ0v) is 7.69. The molecule has 0 amide bonds. The SMILES string of the molecule is CCc1sc2ncccc2c1N. The highest BCUT2D eigenvalue weighted by Gasteiger charge is 2.06. The molecule has 0 saturated heterocycles. The van der Waals surface area contributed by atoms with E-state index in [1.807, 2.05) is 12.1 Å². The van der Waals surface area contributed by atoms with Crippen LogP contribution in [0.4, 0.5) is 5.69 Å². The molecule has 0 aliphatic carbocycles. The second-order valence-corrected chi connectivity index (χ2v) is 3.73. The molecule has 62 valence electrons. The minimum Gasteiger partial charge on any atom is -0.397 e. The summed E-state index contributed by atoms with van der Waals surface area (Å²) in [6.07, 6.45) is 2.80. The molecule has 0 fully saturated rings. The van der Waals surface area contributed by atoms with Crippen LogP contribution in [0.1, 0.15) is 11.8 Å². The maximum atomic E-state index is 5.92. The van der Waals surface area contributed by atoms with Gasteiger partial charge in [-0.25, -0.2) is 4.98 Å². The Morgan fingerprint density at radius 2 is 2.42 bits per heavy atom. The summed E-state index contributed by atoms with van der Waals surface area (Å²) in [5, 5.41) is 1.10. The molecule has 2 N–H and O–H groups in total. The largest absolute Gasteiger partial charge is 0.397 e. The van der Waals surface area contributed by atoms with Gasteiger partial charge in [0.1, 0.15) is 4.83 Å². The molecule has 0 radical (unpaired) electrons. The Morgan fingerprint density at radius 1 is 1.58 bits per heavy atom. The molecule has 2 nitrogen and oxygen atoms in total. The van der Waals surface area contributed by atoms with Gasteiger partial charge < -0.3 is 5.73 Å². The number of hydrogen-bond acceptors (Lipinski definition) is 3. The minimum atomic E-state index is 0.908. The van der Waals surface area contributed by atoms with Gasteiger partial charge in [0.25, 0.3) is 0 Å². The molecule has 12 heavy (non-hydrogen) atoms. The van der Waals surface area contributed by atoms with Crippen molar-refractivity contribution in [3.8, 4) is 0 Å². The first-order valence-corrected chi connectivity index (χ1v) is 4.76. The zero-order valence-electron chi connectivity index (χ0n) is 6.87. The van der Waals surface area contributed by atoms with Crippen LogP contribution in [0.25, 0.3) is 10.2 Å². The molecule has 0 unspecified atom stereocenters. The van der Waals surface area contributed by atoms with Crippen LogP contribution in [0.5, 0.6) is 0 Å². The summed E-state index contributed by atoms with van der Waals surface area (Å²) in [6, 6.07) is 3.94. The molecule has 0 atom stereocenters. The highest BCUT2D eigenvalue weighted by molar-refractivity contribution is 7.19. The Labute approximate surface area is 75.0 Å². The zero-order chi connectivity index (χ0) is 8.55. The van der Waals surface area contributed by atoms with E-state index in [1.54, 1.807) is 17.5 Å². The topological polar surface area (TPSA) is 38.9 Å². The van der Waals surface area contributed by atoms with Crippen molar-refractivity contribution in [2.75, 3.05) is 5.73 Å². The highest BCUT2D eigenvalue weighted by atomic mass is 32.1. The Kier molecular flexibility index (Phi) is 1.73. The summed E-state index contributed by atoms with van der Waals surface area (Å²) >= 11 is 1.69. The number of thiophene rings is 1. The van der Waals surface area contributed by atoms with E-state index < -0.39 is 0 Å². The summed E-state index contributed by atoms with van der Waals surface area (Å²) < 4.78 is 0. The van der Waals surface area contributed by atoms with E-state index in [1.165, 1.54) is 4.88 Å². The van der Waals surface area contributed by atoms with E-state index in [0.29, 0.717) is 0 Å². The third kappa shape index (κ3) is 0.975. The number of aromatic nitrogens is 1. The summed E-state index contributed by atoms with van der Waals surface area (Å²) in [5.41, 5.74) is 6.83. The van der Waals surface area contributed by atoms with Gasteiger partial charge >= 0.3 is 0 Å². The van der Waals surface area contributed by atoms with Gasteiger partial charge in [-0.2, -0.15) is 0 Å². The van der Waals surface area contributed by atoms with Crippen molar-refractivity contribution in [3.05, 3.63) is 23.2 Å². The Hall–Kier alpha value is -1.09. The number of aryl methyl sites for hydroxylation is 1. The van der Waals surface area contributed by atoms with Crippen LogP contribution in [-0.4, -0.2) is 4.98 Å². The first-order chi connectivity index (χ1) is 5.83. The standard InChI is InChI=1S/C9H10N2S/c1-2-7-8(10)6-4-3-5-11-9(6)12-7/h3-5H,2,10H2,1H3. The van der Waals surface area contributed by atoms with E-state index in [0.717, 1.165) is 22.3 Å². The molecule has 0 spiro atoms. The molecule has 0 bridgehead atoms. The number of rotatable bonds is 1. The molecule has 2 aromatic heterocycles. The van der Waals surface area contributed by atoms with Crippen LogP contribution >= 0.6 is 11.3 Å². The fraction of sp³-hybridized carbons (Fsp3) is 0.222. The van der Waals surface area contributed by atoms with Gasteiger partial charge in [-0.15, -0.1) is 11.3 Å². The van der Waals surface area contributed by atoms with E-state index in [2.05, 4.69) is 11.9 Å². The molecule has 2 rings (SSSR count). The molecule has 0 aliphatic rings. The van der Waals surface area contributed by atoms with Crippen molar-refractivity contribution in [3.63, 3.8) is 0 Å². The third-order valence-electron chi connectivity index (χ3n) is 1.90. The fourth-order valence-corrected chi connectivity index (χ4v) is 2.26. The number of nitrogens with two attached hydrogens (primary N) is 1. The van der Waals surface area contributed by atoms with Crippen molar-refractivity contribution < 1.29 is 0 Å². The molecule has 0 aliphatic heterocycles. The van der Waals surface area contributed by atoms with Crippen molar-refractivity contribution >= 4 is 27.2 Å². The highest BCUT2D eigenvalue weighted by Crippen LogP contribution is 2.31. The number of fused-ring (bicyclic) bond motifs is 1. The quantitative estimate of drug-likeness (QED) is 0.728. The van der Waals surface area contributed by atoms with Gasteiger partial charge in [-0.05, 0) is 18.6 Å². The maximum Gasteiger partial charge on any atom is 0.125 e. The molecule has 2 aromatic rings. The predicted molar refractivity (Wildman–Crippen MR) is 53.4 cm³/mol. The lowest BCUT2D eigenvalue weighted by Crippen LogP contribution is -1.86. The first kappa shape index (κ1) is 7.55. The number of pyridine rings is 1. The van der Waals surface area contributed by atoms with Crippen LogP contribution in [0, 0.1) is 0 Å². The smallest absolute Gasteiger partial charge is 0.125 e. The van der Waals surface area contributed by atoms with Gasteiger partial charge in [0, 0.05) is 16.5 Å². The van der Waals surface area contributed by atoms with Crippen LogP contribution in [-0.2, 0) is 6.42 Å². The molecule has 2 heterocycles. The second kappa shape index (κ2) is 2.75. The monoisotopic (exact) mass is 178 g/mol. The molecule has 0 aromatic carbocycles. The molecule has 0 saturated carbocycles. The Bertz CT molecular complexity index is 406. The van der Waals surface area contributed by atoms with Crippen LogP contribution in [0.15, 0.2) is 18.3 Å². The number of anilines is 1. The number of nitrogens with zero attached hydrogens (tertiary/aromatic N) is 1. The summed E-state index contributed by atoms with van der Waals surface area (Å²) in [6.45, 7) is 2.11. The van der Waals surface area contributed by atoms with Crippen LogP contribution < -0.4 is 5.73 Å². The van der Waals surface area contributed by atoms with Crippen LogP contribution in [0.2, 0.25) is 0 Å². The fourth-order valence-electron chi connectivity index (χ4n) is 1.26. The lowest BCUT2D eigenvalue weighted by atomic mass is 10.2. The summed E-state index contributed by atoms with van der Waals surface area (Å²) in [5.74, 6) is 0. The van der Waals surface area contributed by atoms with Gasteiger partial charge in [0.15, 0.2) is 0 Å². The normalized spacial score (nSPS) is 10.8. The van der Waals surface area contributed by atoms with E-state index in [9.17, 15) is 0 Å². The molecular formula is C9H10N2S. The second-order valence-electron chi connectivity index (χ2n) is 2.65. The molecular weight excluding hydrogens is 168 g/mol. The average Bonchev–Trinajstić information content (AvgIpc) is 2.44. The van der Waals surface area contributed by atoms with Crippen molar-refractivity contribution in [2.24, 2.45) is 0 Å². The van der Waals surface area contributed by atoms with Gasteiger partial charge in [-0.3, -0.25) is 0 Å². The van der Waals surface area contributed by atoms with Gasteiger partial charge in [0.2, 0.25) is 0 Å². The Balaban J connectivity index is 2.78. The third-order valence-corrected chi connectivity index (χ3v) is 3.18. The molecule has 3 heteroatoms. The van der Waals surface area contributed by atoms with Gasteiger partial charge in [-0.1, -0.05) is 6.92 Å². The van der Waals surface area contributed by atoms with E-state index >= 15 is 0 Å². The van der Waals surface area contributed by atoms with Crippen LogP contribution in [0.3, 0.4) is 0 Å². The average molecular weight is 178 g/mol.